The highest BCUT2D eigenvalue weighted by Crippen LogP contribution is 2.27. The maximum absolute atomic E-state index is 12.3. The van der Waals surface area contributed by atoms with Gasteiger partial charge in [0.2, 0.25) is 10.0 Å². The Balaban J connectivity index is 0.00000220. The number of benzene rings is 1. The van der Waals surface area contributed by atoms with Crippen LogP contribution in [0.25, 0.3) is 0 Å². The summed E-state index contributed by atoms with van der Waals surface area (Å²) in [4.78, 5) is 9.81. The van der Waals surface area contributed by atoms with Crippen molar-refractivity contribution in [3.8, 4) is 0 Å². The summed E-state index contributed by atoms with van der Waals surface area (Å²) in [5.74, 6) is 0. The van der Waals surface area contributed by atoms with Gasteiger partial charge in [-0.15, -0.1) is 12.4 Å². The smallest absolute Gasteiger partial charge is 0.289 e. The lowest BCUT2D eigenvalue weighted by molar-refractivity contribution is -0.387. The van der Waals surface area contributed by atoms with Gasteiger partial charge in [0, 0.05) is 17.1 Å². The first kappa shape index (κ1) is 18.1. The average Bonchev–Trinajstić information content (AvgIpc) is 2.39. The highest BCUT2D eigenvalue weighted by atomic mass is 35.5. The summed E-state index contributed by atoms with van der Waals surface area (Å²) in [6, 6.07) is 3.27. The number of nitrogens with one attached hydrogen (secondary N) is 2. The topological polar surface area (TPSA) is 101 Å². The molecule has 1 aromatic carbocycles. The van der Waals surface area contributed by atoms with Crippen molar-refractivity contribution in [1.82, 2.24) is 10.0 Å². The Labute approximate surface area is 133 Å². The molecule has 0 unspecified atom stereocenters. The van der Waals surface area contributed by atoms with Crippen LogP contribution >= 0.6 is 24.0 Å². The lowest BCUT2D eigenvalue weighted by Gasteiger charge is -2.23. The van der Waals surface area contributed by atoms with E-state index in [9.17, 15) is 18.5 Å². The van der Waals surface area contributed by atoms with Crippen LogP contribution in [0.2, 0.25) is 5.02 Å². The summed E-state index contributed by atoms with van der Waals surface area (Å²) >= 11 is 5.75. The Morgan fingerprint density at radius 3 is 2.52 bits per heavy atom. The van der Waals surface area contributed by atoms with Crippen LogP contribution in [0.1, 0.15) is 12.8 Å². The molecule has 7 nitrogen and oxygen atoms in total. The molecule has 0 atom stereocenters. The summed E-state index contributed by atoms with van der Waals surface area (Å²) in [5.41, 5.74) is -0.476. The lowest BCUT2D eigenvalue weighted by atomic mass is 10.1. The minimum Gasteiger partial charge on any atom is -0.317 e. The molecule has 0 amide bonds. The van der Waals surface area contributed by atoms with Crippen molar-refractivity contribution in [2.45, 2.75) is 23.8 Å². The zero-order chi connectivity index (χ0) is 14.8. The van der Waals surface area contributed by atoms with Gasteiger partial charge >= 0.3 is 0 Å². The van der Waals surface area contributed by atoms with Crippen LogP contribution in [0.15, 0.2) is 23.1 Å². The third-order valence-electron chi connectivity index (χ3n) is 3.07. The van der Waals surface area contributed by atoms with Crippen LogP contribution in [0.5, 0.6) is 0 Å². The van der Waals surface area contributed by atoms with E-state index < -0.39 is 25.5 Å². The van der Waals surface area contributed by atoms with E-state index in [1.807, 2.05) is 0 Å². The van der Waals surface area contributed by atoms with Gasteiger partial charge < -0.3 is 5.32 Å². The standard InChI is InChI=1S/C11H14ClN3O4S.ClH/c12-8-1-2-10(15(16)17)11(7-8)20(18,19)14-9-3-5-13-6-4-9;/h1-2,7,9,13-14H,3-6H2;1H. The zero-order valence-corrected chi connectivity index (χ0v) is 13.3. The number of hydrogen-bond acceptors (Lipinski definition) is 5. The first-order valence-electron chi connectivity index (χ1n) is 6.07. The van der Waals surface area contributed by atoms with Gasteiger partial charge in [-0.05, 0) is 38.1 Å². The summed E-state index contributed by atoms with van der Waals surface area (Å²) in [7, 11) is -3.96. The molecule has 1 fully saturated rings. The Morgan fingerprint density at radius 1 is 1.33 bits per heavy atom. The second-order valence-electron chi connectivity index (χ2n) is 4.51. The summed E-state index contributed by atoms with van der Waals surface area (Å²) in [6.07, 6.45) is 1.29. The third-order valence-corrected chi connectivity index (χ3v) is 4.85. The van der Waals surface area contributed by atoms with Crippen molar-refractivity contribution in [3.63, 3.8) is 0 Å². The molecule has 1 saturated heterocycles. The Kier molecular flexibility index (Phi) is 6.36. The SMILES string of the molecule is Cl.O=[N+]([O-])c1ccc(Cl)cc1S(=O)(=O)NC1CCNCC1. The molecule has 0 spiro atoms. The van der Waals surface area contributed by atoms with Crippen LogP contribution in [-0.2, 0) is 10.0 Å². The number of nitro groups is 1. The zero-order valence-electron chi connectivity index (χ0n) is 10.9. The van der Waals surface area contributed by atoms with Crippen molar-refractivity contribution < 1.29 is 13.3 Å². The number of rotatable bonds is 4. The molecule has 0 aromatic heterocycles. The van der Waals surface area contributed by atoms with Gasteiger partial charge in [-0.2, -0.15) is 0 Å². The molecular weight excluding hydrogens is 341 g/mol. The predicted octanol–water partition coefficient (Wildman–Crippen LogP) is 1.70. The molecule has 118 valence electrons. The molecule has 0 bridgehead atoms. The average molecular weight is 356 g/mol. The van der Waals surface area contributed by atoms with Crippen LogP contribution in [0.3, 0.4) is 0 Å². The number of halogens is 2. The number of piperidine rings is 1. The van der Waals surface area contributed by atoms with Crippen LogP contribution in [-0.4, -0.2) is 32.5 Å². The van der Waals surface area contributed by atoms with E-state index >= 15 is 0 Å². The summed E-state index contributed by atoms with van der Waals surface area (Å²) in [6.45, 7) is 1.43. The van der Waals surface area contributed by atoms with E-state index in [0.717, 1.165) is 12.1 Å². The molecule has 1 aliphatic rings. The Morgan fingerprint density at radius 2 is 1.95 bits per heavy atom. The van der Waals surface area contributed by atoms with Crippen molar-refractivity contribution in [2.24, 2.45) is 0 Å². The Hall–Kier alpha value is -0.930. The van der Waals surface area contributed by atoms with Crippen molar-refractivity contribution in [3.05, 3.63) is 33.3 Å². The van der Waals surface area contributed by atoms with E-state index in [1.165, 1.54) is 6.07 Å². The van der Waals surface area contributed by atoms with Crippen molar-refractivity contribution in [2.75, 3.05) is 13.1 Å². The molecular formula is C11H15Cl2N3O4S. The fraction of sp³-hybridized carbons (Fsp3) is 0.455. The molecule has 1 heterocycles. The van der Waals surface area contributed by atoms with Gasteiger partial charge in [0.25, 0.3) is 5.69 Å². The molecule has 1 aliphatic heterocycles. The lowest BCUT2D eigenvalue weighted by Crippen LogP contribution is -2.42. The van der Waals surface area contributed by atoms with Crippen LogP contribution < -0.4 is 10.0 Å². The molecule has 1 aromatic rings. The van der Waals surface area contributed by atoms with Crippen molar-refractivity contribution in [1.29, 1.82) is 0 Å². The summed E-state index contributed by atoms with van der Waals surface area (Å²) < 4.78 is 27.1. The molecule has 21 heavy (non-hydrogen) atoms. The van der Waals surface area contributed by atoms with E-state index in [0.29, 0.717) is 25.9 Å². The molecule has 10 heteroatoms. The van der Waals surface area contributed by atoms with Gasteiger partial charge in [0.05, 0.1) is 4.92 Å². The van der Waals surface area contributed by atoms with Gasteiger partial charge in [0.1, 0.15) is 0 Å². The van der Waals surface area contributed by atoms with Crippen LogP contribution in [0.4, 0.5) is 5.69 Å². The minimum atomic E-state index is -3.96. The fourth-order valence-electron chi connectivity index (χ4n) is 2.08. The molecule has 2 rings (SSSR count). The number of hydrogen-bond donors (Lipinski definition) is 2. The van der Waals surface area contributed by atoms with Gasteiger partial charge in [0.15, 0.2) is 4.90 Å². The van der Waals surface area contributed by atoms with Crippen molar-refractivity contribution >= 4 is 39.7 Å². The van der Waals surface area contributed by atoms with Gasteiger partial charge in [-0.25, -0.2) is 13.1 Å². The first-order valence-corrected chi connectivity index (χ1v) is 7.93. The van der Waals surface area contributed by atoms with Gasteiger partial charge in [-0.1, -0.05) is 11.6 Å². The van der Waals surface area contributed by atoms with E-state index in [2.05, 4.69) is 10.0 Å². The van der Waals surface area contributed by atoms with E-state index in [1.54, 1.807) is 0 Å². The van der Waals surface area contributed by atoms with Gasteiger partial charge in [-0.3, -0.25) is 10.1 Å². The second kappa shape index (κ2) is 7.37. The quantitative estimate of drug-likeness (QED) is 0.632. The van der Waals surface area contributed by atoms with E-state index in [4.69, 9.17) is 11.6 Å². The fourth-order valence-corrected chi connectivity index (χ4v) is 3.82. The number of nitrogens with zero attached hydrogens (tertiary/aromatic N) is 1. The summed E-state index contributed by atoms with van der Waals surface area (Å²) in [5, 5.41) is 14.2. The van der Waals surface area contributed by atoms with E-state index in [-0.39, 0.29) is 23.5 Å². The van der Waals surface area contributed by atoms with Crippen LogP contribution in [0, 0.1) is 10.1 Å². The second-order valence-corrected chi connectivity index (χ2v) is 6.63. The highest BCUT2D eigenvalue weighted by molar-refractivity contribution is 7.89. The largest absolute Gasteiger partial charge is 0.317 e. The molecule has 0 radical (unpaired) electrons. The number of nitro benzene ring substituents is 1. The minimum absolute atomic E-state index is 0. The molecule has 0 saturated carbocycles. The molecule has 0 aliphatic carbocycles. The maximum Gasteiger partial charge on any atom is 0.289 e. The third kappa shape index (κ3) is 4.52. The Bertz CT molecular complexity index is 618. The molecule has 2 N–H and O–H groups in total. The maximum atomic E-state index is 12.3. The monoisotopic (exact) mass is 355 g/mol. The normalized spacial score (nSPS) is 16.2. The predicted molar refractivity (Wildman–Crippen MR) is 81.6 cm³/mol. The number of sulfonamides is 1. The first-order chi connectivity index (χ1) is 9.40. The highest BCUT2D eigenvalue weighted by Gasteiger charge is 2.28.